The number of β-amino-alcohol motifs (C(OH)–C–C–N with tert-alkyl or cyclic N) is 1. The van der Waals surface area contributed by atoms with Crippen molar-refractivity contribution in [1.82, 2.24) is 19.9 Å². The van der Waals surface area contributed by atoms with Gasteiger partial charge in [-0.25, -0.2) is 19.9 Å². The first-order chi connectivity index (χ1) is 12.8. The molecule has 2 N–H and O–H groups in total. The minimum atomic E-state index is -0.243. The van der Waals surface area contributed by atoms with Crippen molar-refractivity contribution >= 4 is 33.2 Å². The highest BCUT2D eigenvalue weighted by Crippen LogP contribution is 2.39. The molecule has 1 aliphatic heterocycles. The molecule has 5 rings (SSSR count). The van der Waals surface area contributed by atoms with Crippen LogP contribution in [-0.4, -0.2) is 50.3 Å². The molecule has 26 heavy (non-hydrogen) atoms. The summed E-state index contributed by atoms with van der Waals surface area (Å²) >= 11 is 1.63. The first-order valence-electron chi connectivity index (χ1n) is 8.96. The molecule has 0 bridgehead atoms. The Hall–Kier alpha value is -2.32. The monoisotopic (exact) mass is 368 g/mol. The number of aromatic nitrogens is 4. The van der Waals surface area contributed by atoms with Gasteiger partial charge >= 0.3 is 0 Å². The van der Waals surface area contributed by atoms with Crippen LogP contribution < -0.4 is 10.2 Å². The van der Waals surface area contributed by atoms with Crippen molar-refractivity contribution in [3.05, 3.63) is 35.9 Å². The van der Waals surface area contributed by atoms with Crippen molar-refractivity contribution in [3.63, 3.8) is 0 Å². The normalized spacial score (nSPS) is 25.4. The van der Waals surface area contributed by atoms with Crippen LogP contribution in [0.25, 0.3) is 10.2 Å². The topological polar surface area (TPSA) is 87.1 Å². The van der Waals surface area contributed by atoms with Gasteiger partial charge in [0.15, 0.2) is 0 Å². The number of fused-ring (bicyclic) bond motifs is 1. The molecule has 7 nitrogen and oxygen atoms in total. The van der Waals surface area contributed by atoms with E-state index in [0.29, 0.717) is 18.5 Å². The van der Waals surface area contributed by atoms with E-state index in [1.54, 1.807) is 24.0 Å². The van der Waals surface area contributed by atoms with Gasteiger partial charge in [-0.15, -0.1) is 11.3 Å². The Morgan fingerprint density at radius 3 is 2.88 bits per heavy atom. The molecule has 2 aliphatic rings. The van der Waals surface area contributed by atoms with Gasteiger partial charge in [0, 0.05) is 36.8 Å². The zero-order chi connectivity index (χ0) is 17.5. The van der Waals surface area contributed by atoms with Crippen LogP contribution in [0.2, 0.25) is 0 Å². The summed E-state index contributed by atoms with van der Waals surface area (Å²) in [7, 11) is 0. The van der Waals surface area contributed by atoms with Gasteiger partial charge in [-0.2, -0.15) is 0 Å². The summed E-state index contributed by atoms with van der Waals surface area (Å²) < 4.78 is 0. The lowest BCUT2D eigenvalue weighted by atomic mass is 9.78. The molecular formula is C18H20N6OS. The number of anilines is 2. The van der Waals surface area contributed by atoms with Gasteiger partial charge in [0.1, 0.15) is 29.1 Å². The van der Waals surface area contributed by atoms with Gasteiger partial charge in [-0.1, -0.05) is 0 Å². The smallest absolute Gasteiger partial charge is 0.138 e. The minimum Gasteiger partial charge on any atom is -0.391 e. The summed E-state index contributed by atoms with van der Waals surface area (Å²) in [5, 5.41) is 16.4. The molecule has 4 heterocycles. The van der Waals surface area contributed by atoms with Crippen molar-refractivity contribution < 1.29 is 5.11 Å². The van der Waals surface area contributed by atoms with E-state index in [9.17, 15) is 5.11 Å². The Bertz CT molecular complexity index is 925. The van der Waals surface area contributed by atoms with Crippen LogP contribution in [-0.2, 0) is 0 Å². The van der Waals surface area contributed by atoms with E-state index in [0.717, 1.165) is 53.4 Å². The van der Waals surface area contributed by atoms with Crippen LogP contribution in [0.4, 0.5) is 11.6 Å². The van der Waals surface area contributed by atoms with Crippen molar-refractivity contribution in [2.24, 2.45) is 0 Å². The molecule has 1 saturated heterocycles. The average Bonchev–Trinajstić information content (AvgIpc) is 3.27. The van der Waals surface area contributed by atoms with E-state index in [-0.39, 0.29) is 6.10 Å². The number of aliphatic hydroxyl groups excluding tert-OH is 1. The fraction of sp³-hybridized carbons (Fsp3) is 0.444. The number of nitrogens with one attached hydrogen (secondary N) is 1. The largest absolute Gasteiger partial charge is 0.391 e. The Labute approximate surface area is 155 Å². The molecule has 3 aromatic heterocycles. The van der Waals surface area contributed by atoms with Crippen molar-refractivity contribution in [3.8, 4) is 0 Å². The summed E-state index contributed by atoms with van der Waals surface area (Å²) in [5.74, 6) is 2.30. The first kappa shape index (κ1) is 15.9. The number of hydrogen-bond donors (Lipinski definition) is 2. The second-order valence-electron chi connectivity index (χ2n) is 7.06. The van der Waals surface area contributed by atoms with Crippen molar-refractivity contribution in [2.45, 2.75) is 37.3 Å². The number of aliphatic hydroxyl groups is 1. The van der Waals surface area contributed by atoms with Gasteiger partial charge in [0.25, 0.3) is 0 Å². The second kappa shape index (κ2) is 6.44. The minimum absolute atomic E-state index is 0.243. The van der Waals surface area contributed by atoms with E-state index in [2.05, 4.69) is 42.3 Å². The van der Waals surface area contributed by atoms with Crippen LogP contribution in [0, 0.1) is 0 Å². The third-order valence-electron chi connectivity index (χ3n) is 5.32. The van der Waals surface area contributed by atoms with Crippen LogP contribution in [0.5, 0.6) is 0 Å². The molecule has 1 aliphatic carbocycles. The molecule has 0 spiro atoms. The number of thiophene rings is 1. The molecule has 3 aromatic rings. The Kier molecular flexibility index (Phi) is 3.94. The Balaban J connectivity index is 1.25. The van der Waals surface area contributed by atoms with E-state index < -0.39 is 0 Å². The summed E-state index contributed by atoms with van der Waals surface area (Å²) in [5.41, 5.74) is 1.10. The lowest BCUT2D eigenvalue weighted by molar-refractivity contribution is 0.198. The highest BCUT2D eigenvalue weighted by Gasteiger charge is 2.32. The maximum absolute atomic E-state index is 9.73. The predicted octanol–water partition coefficient (Wildman–Crippen LogP) is 2.41. The molecule has 134 valence electrons. The van der Waals surface area contributed by atoms with Gasteiger partial charge in [0.2, 0.25) is 0 Å². The molecule has 2 fully saturated rings. The zero-order valence-corrected chi connectivity index (χ0v) is 15.1. The van der Waals surface area contributed by atoms with E-state index in [4.69, 9.17) is 0 Å². The van der Waals surface area contributed by atoms with Gasteiger partial charge in [-0.05, 0) is 30.7 Å². The molecule has 0 unspecified atom stereocenters. The Morgan fingerprint density at radius 2 is 2.04 bits per heavy atom. The fourth-order valence-electron chi connectivity index (χ4n) is 3.78. The maximum Gasteiger partial charge on any atom is 0.138 e. The van der Waals surface area contributed by atoms with Gasteiger partial charge in [0.05, 0.1) is 11.5 Å². The lowest BCUT2D eigenvalue weighted by Gasteiger charge is -2.36. The first-order valence-corrected chi connectivity index (χ1v) is 9.84. The highest BCUT2D eigenvalue weighted by molar-refractivity contribution is 7.16. The van der Waals surface area contributed by atoms with Crippen molar-refractivity contribution in [1.29, 1.82) is 0 Å². The maximum atomic E-state index is 9.73. The SMILES string of the molecule is O[C@@H]1CCN(c2cc(C3CC(Nc4ncnc5sccc45)C3)ncn2)C1. The summed E-state index contributed by atoms with van der Waals surface area (Å²) in [6.45, 7) is 1.52. The number of hydrogen-bond acceptors (Lipinski definition) is 8. The van der Waals surface area contributed by atoms with E-state index in [1.165, 1.54) is 0 Å². The average molecular weight is 368 g/mol. The highest BCUT2D eigenvalue weighted by atomic mass is 32.1. The molecule has 0 amide bonds. The predicted molar refractivity (Wildman–Crippen MR) is 102 cm³/mol. The summed E-state index contributed by atoms with van der Waals surface area (Å²) in [6.07, 6.45) is 5.91. The van der Waals surface area contributed by atoms with Crippen LogP contribution in [0.3, 0.4) is 0 Å². The summed E-state index contributed by atoms with van der Waals surface area (Å²) in [4.78, 5) is 20.7. The number of nitrogens with zero attached hydrogens (tertiary/aromatic N) is 5. The van der Waals surface area contributed by atoms with Gasteiger partial charge in [-0.3, -0.25) is 0 Å². The van der Waals surface area contributed by atoms with E-state index in [1.807, 2.05) is 5.38 Å². The Morgan fingerprint density at radius 1 is 1.15 bits per heavy atom. The third kappa shape index (κ3) is 2.89. The third-order valence-corrected chi connectivity index (χ3v) is 6.14. The van der Waals surface area contributed by atoms with Crippen LogP contribution >= 0.6 is 11.3 Å². The van der Waals surface area contributed by atoms with Crippen LogP contribution in [0.1, 0.15) is 30.9 Å². The molecule has 0 radical (unpaired) electrons. The molecule has 1 atom stereocenters. The summed E-state index contributed by atoms with van der Waals surface area (Å²) in [6, 6.07) is 4.56. The quantitative estimate of drug-likeness (QED) is 0.731. The zero-order valence-electron chi connectivity index (χ0n) is 14.2. The second-order valence-corrected chi connectivity index (χ2v) is 7.96. The number of rotatable bonds is 4. The molecule has 0 aromatic carbocycles. The fourth-order valence-corrected chi connectivity index (χ4v) is 4.52. The van der Waals surface area contributed by atoms with Crippen molar-refractivity contribution in [2.75, 3.05) is 23.3 Å². The molecule has 8 heteroatoms. The van der Waals surface area contributed by atoms with E-state index >= 15 is 0 Å². The van der Waals surface area contributed by atoms with Gasteiger partial charge < -0.3 is 15.3 Å². The van der Waals surface area contributed by atoms with Crippen LogP contribution in [0.15, 0.2) is 30.2 Å². The lowest BCUT2D eigenvalue weighted by Crippen LogP contribution is -2.35. The molecular weight excluding hydrogens is 348 g/mol. The molecule has 1 saturated carbocycles. The standard InChI is InChI=1S/C18H20N6OS/c25-13-1-3-24(8-13)16-7-15(19-9-20-16)11-5-12(6-11)23-17-14-2-4-26-18(14)22-10-21-17/h2,4,7,9-13,25H,1,3,5-6,8H2,(H,21,22,23)/t11?,12?,13-/m1/s1.